The van der Waals surface area contributed by atoms with E-state index in [1.165, 1.54) is 11.1 Å². The quantitative estimate of drug-likeness (QED) is 0.698. The molecule has 2 aromatic carbocycles. The molecule has 130 valence electrons. The van der Waals surface area contributed by atoms with Crippen LogP contribution in [-0.2, 0) is 11.2 Å². The lowest BCUT2D eigenvalue weighted by Gasteiger charge is -2.08. The number of amides is 1. The first-order valence-corrected chi connectivity index (χ1v) is 8.78. The van der Waals surface area contributed by atoms with Crippen molar-refractivity contribution < 1.29 is 4.79 Å². The molecule has 0 aliphatic rings. The zero-order chi connectivity index (χ0) is 18.0. The van der Waals surface area contributed by atoms with Gasteiger partial charge in [0.05, 0.1) is 11.0 Å². The number of rotatable bonds is 5. The highest BCUT2D eigenvalue weighted by atomic mass is 16.1. The van der Waals surface area contributed by atoms with E-state index in [1.54, 1.807) is 0 Å². The molecule has 0 saturated carbocycles. The number of carbonyl (C=O) groups excluding carboxylic acids is 1. The summed E-state index contributed by atoms with van der Waals surface area (Å²) in [5.74, 6) is 1.41. The first kappa shape index (κ1) is 17.2. The molecule has 3 rings (SSSR count). The summed E-state index contributed by atoms with van der Waals surface area (Å²) in [7, 11) is 0. The van der Waals surface area contributed by atoms with Crippen LogP contribution in [0.1, 0.15) is 48.7 Å². The number of aromatic amines is 1. The fourth-order valence-electron chi connectivity index (χ4n) is 2.81. The van der Waals surface area contributed by atoms with Crippen molar-refractivity contribution >= 4 is 22.6 Å². The van der Waals surface area contributed by atoms with E-state index in [-0.39, 0.29) is 5.91 Å². The van der Waals surface area contributed by atoms with Crippen LogP contribution in [0.2, 0.25) is 0 Å². The number of aromatic nitrogens is 2. The van der Waals surface area contributed by atoms with Crippen molar-refractivity contribution in [3.05, 3.63) is 58.9 Å². The zero-order valence-electron chi connectivity index (χ0n) is 15.3. The Kier molecular flexibility index (Phi) is 4.88. The molecular formula is C21H25N3O. The summed E-state index contributed by atoms with van der Waals surface area (Å²) < 4.78 is 0. The highest BCUT2D eigenvalue weighted by Gasteiger charge is 2.08. The predicted octanol–water partition coefficient (Wildman–Crippen LogP) is 4.87. The molecule has 1 amide bonds. The standard InChI is InChI=1S/C21H25N3O/c1-13(2)21-23-18-9-6-16(12-19(18)24-21)7-10-20(25)22-17-8-5-14(3)15(4)11-17/h5-6,8-9,11-13H,7,10H2,1-4H3,(H,22,25)(H,23,24). The number of carbonyl (C=O) groups is 1. The van der Waals surface area contributed by atoms with Gasteiger partial charge in [-0.25, -0.2) is 4.98 Å². The zero-order valence-corrected chi connectivity index (χ0v) is 15.3. The summed E-state index contributed by atoms with van der Waals surface area (Å²) >= 11 is 0. The summed E-state index contributed by atoms with van der Waals surface area (Å²) in [4.78, 5) is 20.2. The fraction of sp³-hybridized carbons (Fsp3) is 0.333. The molecule has 0 fully saturated rings. The average molecular weight is 335 g/mol. The van der Waals surface area contributed by atoms with Crippen molar-refractivity contribution in [3.63, 3.8) is 0 Å². The van der Waals surface area contributed by atoms with Gasteiger partial charge in [0, 0.05) is 18.0 Å². The van der Waals surface area contributed by atoms with E-state index in [1.807, 2.05) is 24.3 Å². The summed E-state index contributed by atoms with van der Waals surface area (Å²) in [5, 5.41) is 2.98. The van der Waals surface area contributed by atoms with Gasteiger partial charge in [0.25, 0.3) is 0 Å². The third-order valence-corrected chi connectivity index (χ3v) is 4.54. The minimum atomic E-state index is 0.0378. The lowest BCUT2D eigenvalue weighted by Crippen LogP contribution is -2.12. The van der Waals surface area contributed by atoms with E-state index in [9.17, 15) is 4.79 Å². The van der Waals surface area contributed by atoms with Gasteiger partial charge in [-0.05, 0) is 61.2 Å². The molecule has 0 radical (unpaired) electrons. The number of nitrogens with zero attached hydrogens (tertiary/aromatic N) is 1. The average Bonchev–Trinajstić information content (AvgIpc) is 3.00. The van der Waals surface area contributed by atoms with Crippen LogP contribution in [0.3, 0.4) is 0 Å². The van der Waals surface area contributed by atoms with E-state index in [0.29, 0.717) is 18.8 Å². The van der Waals surface area contributed by atoms with E-state index in [4.69, 9.17) is 0 Å². The normalized spacial score (nSPS) is 11.2. The molecule has 0 aliphatic carbocycles. The SMILES string of the molecule is Cc1ccc(NC(=O)CCc2ccc3nc(C(C)C)[nH]c3c2)cc1C. The second kappa shape index (κ2) is 7.09. The summed E-state index contributed by atoms with van der Waals surface area (Å²) in [6.45, 7) is 8.36. The van der Waals surface area contributed by atoms with Gasteiger partial charge in [-0.3, -0.25) is 4.79 Å². The molecule has 0 unspecified atom stereocenters. The third-order valence-electron chi connectivity index (χ3n) is 4.54. The van der Waals surface area contributed by atoms with Crippen molar-refractivity contribution in [2.24, 2.45) is 0 Å². The highest BCUT2D eigenvalue weighted by Crippen LogP contribution is 2.19. The minimum Gasteiger partial charge on any atom is -0.342 e. The first-order chi connectivity index (χ1) is 11.9. The predicted molar refractivity (Wildman–Crippen MR) is 103 cm³/mol. The van der Waals surface area contributed by atoms with Crippen LogP contribution in [0.4, 0.5) is 5.69 Å². The van der Waals surface area contributed by atoms with Gasteiger partial charge in [0.2, 0.25) is 5.91 Å². The van der Waals surface area contributed by atoms with Gasteiger partial charge in [-0.1, -0.05) is 26.0 Å². The Hall–Kier alpha value is -2.62. The number of anilines is 1. The maximum atomic E-state index is 12.2. The maximum absolute atomic E-state index is 12.2. The van der Waals surface area contributed by atoms with Crippen LogP contribution in [0.15, 0.2) is 36.4 Å². The Bertz CT molecular complexity index is 909. The van der Waals surface area contributed by atoms with Crippen LogP contribution in [0, 0.1) is 13.8 Å². The number of benzene rings is 2. The Morgan fingerprint density at radius 2 is 1.92 bits per heavy atom. The monoisotopic (exact) mass is 335 g/mol. The highest BCUT2D eigenvalue weighted by molar-refractivity contribution is 5.91. The number of hydrogen-bond donors (Lipinski definition) is 2. The van der Waals surface area contributed by atoms with Crippen LogP contribution in [-0.4, -0.2) is 15.9 Å². The number of aryl methyl sites for hydroxylation is 3. The topological polar surface area (TPSA) is 57.8 Å². The van der Waals surface area contributed by atoms with Crippen LogP contribution in [0.25, 0.3) is 11.0 Å². The Morgan fingerprint density at radius 3 is 2.64 bits per heavy atom. The third kappa shape index (κ3) is 4.08. The number of imidazole rings is 1. The summed E-state index contributed by atoms with van der Waals surface area (Å²) in [6, 6.07) is 12.2. The largest absolute Gasteiger partial charge is 0.342 e. The number of hydrogen-bond acceptors (Lipinski definition) is 2. The summed E-state index contributed by atoms with van der Waals surface area (Å²) in [6.07, 6.45) is 1.17. The number of H-pyrrole nitrogens is 1. The lowest BCUT2D eigenvalue weighted by molar-refractivity contribution is -0.116. The smallest absolute Gasteiger partial charge is 0.224 e. The molecule has 4 nitrogen and oxygen atoms in total. The molecule has 4 heteroatoms. The van der Waals surface area contributed by atoms with Crippen LogP contribution >= 0.6 is 0 Å². The van der Waals surface area contributed by atoms with E-state index >= 15 is 0 Å². The Labute approximate surface area is 148 Å². The molecule has 3 aromatic rings. The van der Waals surface area contributed by atoms with Crippen LogP contribution < -0.4 is 5.32 Å². The van der Waals surface area contributed by atoms with Crippen LogP contribution in [0.5, 0.6) is 0 Å². The van der Waals surface area contributed by atoms with E-state index in [0.717, 1.165) is 28.1 Å². The molecule has 1 aromatic heterocycles. The van der Waals surface area contributed by atoms with E-state index < -0.39 is 0 Å². The molecule has 0 aliphatic heterocycles. The first-order valence-electron chi connectivity index (χ1n) is 8.78. The molecule has 2 N–H and O–H groups in total. The van der Waals surface area contributed by atoms with Crippen molar-refractivity contribution in [2.45, 2.75) is 46.5 Å². The van der Waals surface area contributed by atoms with Gasteiger partial charge in [0.15, 0.2) is 0 Å². The fourth-order valence-corrected chi connectivity index (χ4v) is 2.81. The molecule has 0 saturated heterocycles. The van der Waals surface area contributed by atoms with Gasteiger partial charge < -0.3 is 10.3 Å². The Balaban J connectivity index is 1.63. The van der Waals surface area contributed by atoms with Gasteiger partial charge >= 0.3 is 0 Å². The van der Waals surface area contributed by atoms with Crippen molar-refractivity contribution in [1.82, 2.24) is 9.97 Å². The lowest BCUT2D eigenvalue weighted by atomic mass is 10.1. The van der Waals surface area contributed by atoms with Gasteiger partial charge in [-0.15, -0.1) is 0 Å². The minimum absolute atomic E-state index is 0.0378. The molecule has 0 spiro atoms. The molecular weight excluding hydrogens is 310 g/mol. The summed E-state index contributed by atoms with van der Waals surface area (Å²) in [5.41, 5.74) is 6.43. The molecule has 1 heterocycles. The Morgan fingerprint density at radius 1 is 1.12 bits per heavy atom. The van der Waals surface area contributed by atoms with E-state index in [2.05, 4.69) is 55.1 Å². The maximum Gasteiger partial charge on any atom is 0.224 e. The van der Waals surface area contributed by atoms with Crippen molar-refractivity contribution in [1.29, 1.82) is 0 Å². The van der Waals surface area contributed by atoms with Gasteiger partial charge in [-0.2, -0.15) is 0 Å². The van der Waals surface area contributed by atoms with Gasteiger partial charge in [0.1, 0.15) is 5.82 Å². The second-order valence-electron chi connectivity index (χ2n) is 6.98. The molecule has 0 bridgehead atoms. The number of nitrogens with one attached hydrogen (secondary N) is 2. The molecule has 0 atom stereocenters. The number of fused-ring (bicyclic) bond motifs is 1. The van der Waals surface area contributed by atoms with Crippen molar-refractivity contribution in [2.75, 3.05) is 5.32 Å². The molecule has 25 heavy (non-hydrogen) atoms. The second-order valence-corrected chi connectivity index (χ2v) is 6.98. The van der Waals surface area contributed by atoms with Crippen molar-refractivity contribution in [3.8, 4) is 0 Å².